The highest BCUT2D eigenvalue weighted by Crippen LogP contribution is 2.18. The van der Waals surface area contributed by atoms with Crippen molar-refractivity contribution in [3.05, 3.63) is 29.9 Å². The predicted octanol–water partition coefficient (Wildman–Crippen LogP) is 1.62. The van der Waals surface area contributed by atoms with E-state index in [4.69, 9.17) is 9.15 Å². The van der Waals surface area contributed by atoms with Crippen LogP contribution in [0.15, 0.2) is 22.9 Å². The Labute approximate surface area is 97.7 Å². The van der Waals surface area contributed by atoms with Crippen LogP contribution in [0.4, 0.5) is 0 Å². The van der Waals surface area contributed by atoms with Crippen LogP contribution in [0.25, 0.3) is 11.7 Å². The summed E-state index contributed by atoms with van der Waals surface area (Å²) >= 11 is 0. The van der Waals surface area contributed by atoms with Gasteiger partial charge in [0.25, 0.3) is 5.89 Å². The summed E-state index contributed by atoms with van der Waals surface area (Å²) in [6.45, 7) is 3.67. The average molecular weight is 233 g/mol. The molecule has 0 aliphatic rings. The third-order valence-corrected chi connectivity index (χ3v) is 2.02. The van der Waals surface area contributed by atoms with Crippen LogP contribution in [-0.2, 0) is 4.74 Å². The molecule has 0 aliphatic carbocycles. The van der Waals surface area contributed by atoms with Crippen LogP contribution in [0.2, 0.25) is 0 Å². The lowest BCUT2D eigenvalue weighted by atomic mass is 10.4. The molecule has 6 nitrogen and oxygen atoms in total. The zero-order valence-electron chi connectivity index (χ0n) is 9.51. The van der Waals surface area contributed by atoms with Crippen LogP contribution in [0.3, 0.4) is 0 Å². The lowest BCUT2D eigenvalue weighted by Gasteiger charge is -1.96. The number of rotatable bonds is 3. The molecule has 0 aromatic carbocycles. The smallest absolute Gasteiger partial charge is 0.360 e. The second kappa shape index (κ2) is 4.73. The molecule has 88 valence electrons. The molecule has 0 aliphatic heterocycles. The summed E-state index contributed by atoms with van der Waals surface area (Å²) in [6, 6.07) is 1.69. The Balaban J connectivity index is 2.34. The number of nitrogens with zero attached hydrogens (tertiary/aromatic N) is 3. The fourth-order valence-corrected chi connectivity index (χ4v) is 1.29. The van der Waals surface area contributed by atoms with Gasteiger partial charge in [-0.25, -0.2) is 14.8 Å². The van der Waals surface area contributed by atoms with Gasteiger partial charge in [0.05, 0.1) is 6.61 Å². The van der Waals surface area contributed by atoms with Gasteiger partial charge in [0.2, 0.25) is 5.82 Å². The third-order valence-electron chi connectivity index (χ3n) is 2.02. The van der Waals surface area contributed by atoms with Gasteiger partial charge >= 0.3 is 5.97 Å². The highest BCUT2D eigenvalue weighted by atomic mass is 16.5. The largest absolute Gasteiger partial charge is 0.461 e. The zero-order valence-corrected chi connectivity index (χ0v) is 9.51. The van der Waals surface area contributed by atoms with E-state index in [1.54, 1.807) is 32.3 Å². The van der Waals surface area contributed by atoms with Gasteiger partial charge in [-0.1, -0.05) is 0 Å². The Morgan fingerprint density at radius 2 is 2.12 bits per heavy atom. The summed E-state index contributed by atoms with van der Waals surface area (Å²) in [7, 11) is 0. The quantitative estimate of drug-likeness (QED) is 0.749. The Bertz CT molecular complexity index is 522. The number of aromatic nitrogens is 3. The van der Waals surface area contributed by atoms with Crippen molar-refractivity contribution in [3.8, 4) is 11.7 Å². The first-order valence-electron chi connectivity index (χ1n) is 5.14. The molecule has 0 N–H and O–H groups in total. The minimum Gasteiger partial charge on any atom is -0.461 e. The van der Waals surface area contributed by atoms with Crippen LogP contribution in [0.1, 0.15) is 23.2 Å². The van der Waals surface area contributed by atoms with Crippen LogP contribution in [0.5, 0.6) is 0 Å². The molecule has 2 heterocycles. The Hall–Kier alpha value is -2.24. The molecular weight excluding hydrogens is 222 g/mol. The van der Waals surface area contributed by atoms with E-state index in [0.29, 0.717) is 18.2 Å². The van der Waals surface area contributed by atoms with Gasteiger partial charge in [-0.3, -0.25) is 0 Å². The van der Waals surface area contributed by atoms with E-state index in [9.17, 15) is 4.79 Å². The van der Waals surface area contributed by atoms with Gasteiger partial charge in [0.1, 0.15) is 5.76 Å². The first kappa shape index (κ1) is 11.3. The first-order valence-corrected chi connectivity index (χ1v) is 5.14. The Morgan fingerprint density at radius 1 is 1.41 bits per heavy atom. The van der Waals surface area contributed by atoms with Gasteiger partial charge < -0.3 is 9.15 Å². The fraction of sp³-hybridized carbons (Fsp3) is 0.273. The van der Waals surface area contributed by atoms with Crippen LogP contribution >= 0.6 is 0 Å². The molecule has 0 spiro atoms. The highest BCUT2D eigenvalue weighted by Gasteiger charge is 2.19. The maximum absolute atomic E-state index is 11.5. The van der Waals surface area contributed by atoms with Crippen molar-refractivity contribution in [2.24, 2.45) is 0 Å². The topological polar surface area (TPSA) is 78.1 Å². The molecule has 0 radical (unpaired) electrons. The summed E-state index contributed by atoms with van der Waals surface area (Å²) in [5, 5.41) is 0. The molecule has 2 rings (SSSR count). The van der Waals surface area contributed by atoms with Gasteiger partial charge in [-0.2, -0.15) is 4.98 Å². The molecule has 6 heteroatoms. The molecule has 0 bridgehead atoms. The second-order valence-corrected chi connectivity index (χ2v) is 3.22. The van der Waals surface area contributed by atoms with Crippen molar-refractivity contribution in [1.82, 2.24) is 15.0 Å². The number of hydrogen-bond donors (Lipinski definition) is 0. The normalized spacial score (nSPS) is 10.2. The van der Waals surface area contributed by atoms with Gasteiger partial charge in [-0.15, -0.1) is 0 Å². The fourth-order valence-electron chi connectivity index (χ4n) is 1.29. The molecular formula is C11H11N3O3. The van der Waals surface area contributed by atoms with Gasteiger partial charge in [0.15, 0.2) is 5.69 Å². The second-order valence-electron chi connectivity index (χ2n) is 3.22. The standard InChI is InChI=1S/C11H11N3O3/c1-3-16-11(15)8-7(2)17-10(14-8)9-12-5-4-6-13-9/h4-6H,3H2,1-2H3. The summed E-state index contributed by atoms with van der Waals surface area (Å²) in [6.07, 6.45) is 3.15. The van der Waals surface area contributed by atoms with Crippen molar-refractivity contribution in [3.63, 3.8) is 0 Å². The molecule has 0 amide bonds. The maximum atomic E-state index is 11.5. The summed E-state index contributed by atoms with van der Waals surface area (Å²) in [4.78, 5) is 23.5. The van der Waals surface area contributed by atoms with E-state index in [2.05, 4.69) is 15.0 Å². The van der Waals surface area contributed by atoms with E-state index in [-0.39, 0.29) is 11.6 Å². The first-order chi connectivity index (χ1) is 8.22. The summed E-state index contributed by atoms with van der Waals surface area (Å²) in [5.74, 6) is 0.444. The minimum atomic E-state index is -0.504. The number of ether oxygens (including phenoxy) is 1. The van der Waals surface area contributed by atoms with Crippen LogP contribution < -0.4 is 0 Å². The number of aryl methyl sites for hydroxylation is 1. The lowest BCUT2D eigenvalue weighted by molar-refractivity contribution is 0.0518. The molecule has 0 atom stereocenters. The molecule has 17 heavy (non-hydrogen) atoms. The molecule has 0 unspecified atom stereocenters. The average Bonchev–Trinajstić information content (AvgIpc) is 2.73. The molecule has 2 aromatic rings. The Morgan fingerprint density at radius 3 is 2.76 bits per heavy atom. The third kappa shape index (κ3) is 2.30. The van der Waals surface area contributed by atoms with Crippen molar-refractivity contribution < 1.29 is 13.9 Å². The predicted molar refractivity (Wildman–Crippen MR) is 58.2 cm³/mol. The number of carbonyl (C=O) groups is 1. The SMILES string of the molecule is CCOC(=O)c1nc(-c2ncccn2)oc1C. The lowest BCUT2D eigenvalue weighted by Crippen LogP contribution is -2.06. The summed E-state index contributed by atoms with van der Waals surface area (Å²) in [5.41, 5.74) is 0.161. The zero-order chi connectivity index (χ0) is 12.3. The van der Waals surface area contributed by atoms with Crippen molar-refractivity contribution >= 4 is 5.97 Å². The maximum Gasteiger partial charge on any atom is 0.360 e. The molecule has 0 saturated heterocycles. The van der Waals surface area contributed by atoms with Crippen molar-refractivity contribution in [2.75, 3.05) is 6.61 Å². The van der Waals surface area contributed by atoms with E-state index in [0.717, 1.165) is 0 Å². The number of hydrogen-bond acceptors (Lipinski definition) is 6. The number of oxazole rings is 1. The Kier molecular flexibility index (Phi) is 3.13. The van der Waals surface area contributed by atoms with E-state index >= 15 is 0 Å². The highest BCUT2D eigenvalue weighted by molar-refractivity contribution is 5.88. The molecule has 0 fully saturated rings. The van der Waals surface area contributed by atoms with Crippen molar-refractivity contribution in [1.29, 1.82) is 0 Å². The van der Waals surface area contributed by atoms with E-state index < -0.39 is 5.97 Å². The monoisotopic (exact) mass is 233 g/mol. The van der Waals surface area contributed by atoms with Gasteiger partial charge in [-0.05, 0) is 19.9 Å². The van der Waals surface area contributed by atoms with Crippen LogP contribution in [-0.4, -0.2) is 27.5 Å². The minimum absolute atomic E-state index is 0.161. The van der Waals surface area contributed by atoms with Gasteiger partial charge in [0, 0.05) is 12.4 Å². The summed E-state index contributed by atoms with van der Waals surface area (Å²) < 4.78 is 10.2. The molecule has 0 saturated carbocycles. The number of carbonyl (C=O) groups excluding carboxylic acids is 1. The molecule has 2 aromatic heterocycles. The van der Waals surface area contributed by atoms with Crippen molar-refractivity contribution in [2.45, 2.75) is 13.8 Å². The van der Waals surface area contributed by atoms with E-state index in [1.807, 2.05) is 0 Å². The van der Waals surface area contributed by atoms with E-state index in [1.165, 1.54) is 0 Å². The van der Waals surface area contributed by atoms with Crippen LogP contribution in [0, 0.1) is 6.92 Å². The number of esters is 1.